The van der Waals surface area contributed by atoms with Crippen LogP contribution in [0.1, 0.15) is 31.8 Å². The summed E-state index contributed by atoms with van der Waals surface area (Å²) in [5, 5.41) is 11.6. The van der Waals surface area contributed by atoms with Gasteiger partial charge in [-0.05, 0) is 12.8 Å². The number of aromatic nitrogens is 2. The molecule has 0 bridgehead atoms. The Hall–Kier alpha value is -2.05. The van der Waals surface area contributed by atoms with E-state index >= 15 is 0 Å². The zero-order valence-corrected chi connectivity index (χ0v) is 12.3. The summed E-state index contributed by atoms with van der Waals surface area (Å²) in [6.45, 7) is 5.99. The number of aliphatic carboxylic acids is 1. The number of carboxylic acid groups (broad SMARTS) is 1. The average molecular weight is 282 g/mol. The maximum atomic E-state index is 12.0. The second-order valence-corrected chi connectivity index (χ2v) is 5.27. The molecule has 20 heavy (non-hydrogen) atoms. The smallest absolute Gasteiger partial charge is 0.317 e. The van der Waals surface area contributed by atoms with Crippen molar-refractivity contribution in [2.24, 2.45) is 5.92 Å². The SMILES string of the molecule is Cc1cnc(CN(C)C(=O)NC(CC(=O)O)C(C)C)[nH]1. The van der Waals surface area contributed by atoms with Crippen molar-refractivity contribution >= 4 is 12.0 Å². The van der Waals surface area contributed by atoms with Gasteiger partial charge >= 0.3 is 12.0 Å². The Balaban J connectivity index is 2.57. The maximum Gasteiger partial charge on any atom is 0.317 e. The van der Waals surface area contributed by atoms with Crippen molar-refractivity contribution in [2.75, 3.05) is 7.05 Å². The van der Waals surface area contributed by atoms with Crippen LogP contribution in [-0.2, 0) is 11.3 Å². The van der Waals surface area contributed by atoms with Gasteiger partial charge in [0.05, 0.1) is 13.0 Å². The average Bonchev–Trinajstić information content (AvgIpc) is 2.72. The molecule has 0 aliphatic carbocycles. The molecule has 1 aromatic rings. The summed E-state index contributed by atoms with van der Waals surface area (Å²) in [6, 6.07) is -0.695. The molecule has 1 rings (SSSR count). The highest BCUT2D eigenvalue weighted by Gasteiger charge is 2.21. The molecule has 0 saturated heterocycles. The molecule has 7 nitrogen and oxygen atoms in total. The molecule has 3 N–H and O–H groups in total. The Bertz CT molecular complexity index is 470. The molecule has 0 aliphatic rings. The van der Waals surface area contributed by atoms with Crippen molar-refractivity contribution in [2.45, 2.75) is 39.8 Å². The third-order valence-electron chi connectivity index (χ3n) is 3.00. The van der Waals surface area contributed by atoms with Crippen LogP contribution in [0.2, 0.25) is 0 Å². The van der Waals surface area contributed by atoms with Gasteiger partial charge in [0, 0.05) is 25.0 Å². The number of urea groups is 1. The summed E-state index contributed by atoms with van der Waals surface area (Å²) in [6.07, 6.45) is 1.61. The van der Waals surface area contributed by atoms with Crippen LogP contribution in [-0.4, -0.2) is 45.1 Å². The lowest BCUT2D eigenvalue weighted by Gasteiger charge is -2.24. The minimum atomic E-state index is -0.923. The molecule has 0 aliphatic heterocycles. The Kier molecular flexibility index (Phi) is 5.54. The summed E-state index contributed by atoms with van der Waals surface area (Å²) in [4.78, 5) is 31.5. The normalized spacial score (nSPS) is 12.2. The van der Waals surface area contributed by atoms with E-state index in [1.807, 2.05) is 20.8 Å². The van der Waals surface area contributed by atoms with Crippen molar-refractivity contribution in [1.29, 1.82) is 0 Å². The fourth-order valence-corrected chi connectivity index (χ4v) is 1.75. The number of carboxylic acids is 1. The van der Waals surface area contributed by atoms with Crippen molar-refractivity contribution in [3.8, 4) is 0 Å². The van der Waals surface area contributed by atoms with Gasteiger partial charge in [-0.3, -0.25) is 4.79 Å². The Morgan fingerprint density at radius 1 is 1.50 bits per heavy atom. The molecule has 1 atom stereocenters. The van der Waals surface area contributed by atoms with Crippen LogP contribution >= 0.6 is 0 Å². The highest BCUT2D eigenvalue weighted by atomic mass is 16.4. The number of nitrogens with one attached hydrogen (secondary N) is 2. The van der Waals surface area contributed by atoms with E-state index in [0.29, 0.717) is 12.4 Å². The van der Waals surface area contributed by atoms with Crippen LogP contribution in [0.4, 0.5) is 4.79 Å². The molecule has 0 fully saturated rings. The molecular formula is C13H22N4O3. The number of nitrogens with zero attached hydrogens (tertiary/aromatic N) is 2. The van der Waals surface area contributed by atoms with Crippen molar-refractivity contribution in [3.63, 3.8) is 0 Å². The molecule has 7 heteroatoms. The van der Waals surface area contributed by atoms with Gasteiger partial charge in [0.25, 0.3) is 0 Å². The van der Waals surface area contributed by atoms with Gasteiger partial charge in [-0.1, -0.05) is 13.8 Å². The van der Waals surface area contributed by atoms with E-state index in [2.05, 4.69) is 15.3 Å². The van der Waals surface area contributed by atoms with Crippen LogP contribution in [0.3, 0.4) is 0 Å². The van der Waals surface area contributed by atoms with Gasteiger partial charge in [-0.15, -0.1) is 0 Å². The first-order chi connectivity index (χ1) is 9.29. The first-order valence-electron chi connectivity index (χ1n) is 6.53. The van der Waals surface area contributed by atoms with E-state index in [-0.39, 0.29) is 24.4 Å². The number of imidazole rings is 1. The molecule has 0 radical (unpaired) electrons. The van der Waals surface area contributed by atoms with E-state index in [1.54, 1.807) is 13.2 Å². The molecular weight excluding hydrogens is 260 g/mol. The minimum absolute atomic E-state index is 0.0503. The predicted octanol–water partition coefficient (Wildman–Crippen LogP) is 1.36. The topological polar surface area (TPSA) is 98.3 Å². The van der Waals surface area contributed by atoms with Crippen LogP contribution < -0.4 is 5.32 Å². The first-order valence-corrected chi connectivity index (χ1v) is 6.53. The molecule has 112 valence electrons. The van der Waals surface area contributed by atoms with Gasteiger partial charge in [0.1, 0.15) is 5.82 Å². The molecule has 0 aromatic carbocycles. The number of H-pyrrole nitrogens is 1. The molecule has 0 spiro atoms. The lowest BCUT2D eigenvalue weighted by molar-refractivity contribution is -0.137. The summed E-state index contributed by atoms with van der Waals surface area (Å²) >= 11 is 0. The summed E-state index contributed by atoms with van der Waals surface area (Å²) in [7, 11) is 1.64. The van der Waals surface area contributed by atoms with Gasteiger partial charge < -0.3 is 20.3 Å². The maximum absolute atomic E-state index is 12.0. The van der Waals surface area contributed by atoms with Gasteiger partial charge in [-0.2, -0.15) is 0 Å². The van der Waals surface area contributed by atoms with Gasteiger partial charge in [0.2, 0.25) is 0 Å². The number of carbonyl (C=O) groups is 2. The van der Waals surface area contributed by atoms with E-state index in [9.17, 15) is 9.59 Å². The quantitative estimate of drug-likeness (QED) is 0.733. The summed E-state index contributed by atoms with van der Waals surface area (Å²) in [5.74, 6) is -0.179. The highest BCUT2D eigenvalue weighted by molar-refractivity contribution is 5.75. The van der Waals surface area contributed by atoms with E-state index in [0.717, 1.165) is 5.69 Å². The number of carbonyl (C=O) groups excluding carboxylic acids is 1. The third-order valence-corrected chi connectivity index (χ3v) is 3.00. The predicted molar refractivity (Wildman–Crippen MR) is 74.2 cm³/mol. The van der Waals surface area contributed by atoms with Crippen molar-refractivity contribution < 1.29 is 14.7 Å². The second kappa shape index (κ2) is 6.93. The Morgan fingerprint density at radius 3 is 2.60 bits per heavy atom. The summed E-state index contributed by atoms with van der Waals surface area (Å²) < 4.78 is 0. The van der Waals surface area contributed by atoms with Crippen LogP contribution in [0, 0.1) is 12.8 Å². The molecule has 1 heterocycles. The standard InChI is InChI=1S/C13H22N4O3/c1-8(2)10(5-12(18)19)16-13(20)17(4)7-11-14-6-9(3)15-11/h6,8,10H,5,7H2,1-4H3,(H,14,15)(H,16,20)(H,18,19). The largest absolute Gasteiger partial charge is 0.481 e. The number of amides is 2. The molecule has 1 unspecified atom stereocenters. The number of rotatable bonds is 6. The number of aryl methyl sites for hydroxylation is 1. The first kappa shape index (κ1) is 16.0. The van der Waals surface area contributed by atoms with E-state index < -0.39 is 5.97 Å². The molecule has 0 saturated carbocycles. The van der Waals surface area contributed by atoms with Gasteiger partial charge in [-0.25, -0.2) is 9.78 Å². The minimum Gasteiger partial charge on any atom is -0.481 e. The van der Waals surface area contributed by atoms with Gasteiger partial charge in [0.15, 0.2) is 0 Å². The highest BCUT2D eigenvalue weighted by Crippen LogP contribution is 2.07. The third kappa shape index (κ3) is 4.91. The lowest BCUT2D eigenvalue weighted by Crippen LogP contribution is -2.46. The van der Waals surface area contributed by atoms with Crippen molar-refractivity contribution in [1.82, 2.24) is 20.2 Å². The van der Waals surface area contributed by atoms with Crippen LogP contribution in [0.15, 0.2) is 6.20 Å². The fraction of sp³-hybridized carbons (Fsp3) is 0.615. The zero-order chi connectivity index (χ0) is 15.3. The Morgan fingerprint density at radius 2 is 2.15 bits per heavy atom. The van der Waals surface area contributed by atoms with E-state index in [4.69, 9.17) is 5.11 Å². The van der Waals surface area contributed by atoms with Crippen LogP contribution in [0.25, 0.3) is 0 Å². The second-order valence-electron chi connectivity index (χ2n) is 5.27. The number of hydrogen-bond donors (Lipinski definition) is 3. The van der Waals surface area contributed by atoms with Crippen molar-refractivity contribution in [3.05, 3.63) is 17.7 Å². The zero-order valence-electron chi connectivity index (χ0n) is 12.3. The Labute approximate surface area is 118 Å². The molecule has 1 aromatic heterocycles. The summed E-state index contributed by atoms with van der Waals surface area (Å²) in [5.41, 5.74) is 0.930. The number of aromatic amines is 1. The van der Waals surface area contributed by atoms with Crippen LogP contribution in [0.5, 0.6) is 0 Å². The fourth-order valence-electron chi connectivity index (χ4n) is 1.75. The molecule has 2 amide bonds. The lowest BCUT2D eigenvalue weighted by atomic mass is 10.0. The van der Waals surface area contributed by atoms with E-state index in [1.165, 1.54) is 4.90 Å². The monoisotopic (exact) mass is 282 g/mol. The number of hydrogen-bond acceptors (Lipinski definition) is 3.